The van der Waals surface area contributed by atoms with Gasteiger partial charge in [-0.15, -0.1) is 0 Å². The molecule has 1 aromatic carbocycles. The number of aromatic nitrogens is 1. The number of anilines is 3. The van der Waals surface area contributed by atoms with Crippen LogP contribution >= 0.6 is 15.9 Å². The Labute approximate surface area is 115 Å². The summed E-state index contributed by atoms with van der Waals surface area (Å²) in [5, 5.41) is 13.5. The van der Waals surface area contributed by atoms with E-state index in [-0.39, 0.29) is 21.8 Å². The van der Waals surface area contributed by atoms with E-state index in [0.717, 1.165) is 6.07 Å². The van der Waals surface area contributed by atoms with Crippen molar-refractivity contribution in [3.63, 3.8) is 0 Å². The van der Waals surface area contributed by atoms with Crippen LogP contribution in [0.25, 0.3) is 0 Å². The van der Waals surface area contributed by atoms with Gasteiger partial charge in [-0.2, -0.15) is 0 Å². The molecule has 1 aromatic heterocycles. The van der Waals surface area contributed by atoms with E-state index in [1.54, 1.807) is 0 Å². The third-order valence-electron chi connectivity index (χ3n) is 2.23. The summed E-state index contributed by atoms with van der Waals surface area (Å²) in [4.78, 5) is 14.0. The maximum absolute atomic E-state index is 13.1. The molecule has 0 spiro atoms. The predicted molar refractivity (Wildman–Crippen MR) is 72.7 cm³/mol. The Balaban J connectivity index is 2.32. The van der Waals surface area contributed by atoms with E-state index in [0.29, 0.717) is 5.69 Å². The van der Waals surface area contributed by atoms with Gasteiger partial charge in [0.15, 0.2) is 0 Å². The Bertz CT molecular complexity index is 651. The van der Waals surface area contributed by atoms with Crippen LogP contribution in [0.3, 0.4) is 0 Å². The van der Waals surface area contributed by atoms with E-state index in [4.69, 9.17) is 5.73 Å². The van der Waals surface area contributed by atoms with Gasteiger partial charge in [0.2, 0.25) is 0 Å². The molecule has 6 nitrogen and oxygen atoms in total. The van der Waals surface area contributed by atoms with E-state index in [1.807, 2.05) is 0 Å². The molecule has 1 heterocycles. The number of benzene rings is 1. The number of hydrogen-bond acceptors (Lipinski definition) is 5. The number of nitrogen functional groups attached to an aromatic ring is 1. The molecule has 19 heavy (non-hydrogen) atoms. The molecule has 3 N–H and O–H groups in total. The number of nitrogens with one attached hydrogen (secondary N) is 1. The fourth-order valence-electron chi connectivity index (χ4n) is 1.43. The van der Waals surface area contributed by atoms with E-state index in [2.05, 4.69) is 26.2 Å². The van der Waals surface area contributed by atoms with Crippen LogP contribution in [0.4, 0.5) is 27.4 Å². The van der Waals surface area contributed by atoms with Crippen LogP contribution < -0.4 is 11.1 Å². The van der Waals surface area contributed by atoms with Gasteiger partial charge < -0.3 is 11.1 Å². The third kappa shape index (κ3) is 3.16. The highest BCUT2D eigenvalue weighted by atomic mass is 79.9. The van der Waals surface area contributed by atoms with Crippen molar-refractivity contribution in [3.05, 3.63) is 50.7 Å². The van der Waals surface area contributed by atoms with Gasteiger partial charge >= 0.3 is 0 Å². The molecule has 2 rings (SSSR count). The molecule has 0 saturated heterocycles. The number of pyridine rings is 1. The minimum atomic E-state index is -0.566. The van der Waals surface area contributed by atoms with E-state index < -0.39 is 10.7 Å². The molecular weight excluding hydrogens is 319 g/mol. The number of halogens is 2. The molecule has 0 aliphatic heterocycles. The van der Waals surface area contributed by atoms with Gasteiger partial charge in [-0.1, -0.05) is 0 Å². The Kier molecular flexibility index (Phi) is 3.61. The molecule has 0 saturated carbocycles. The van der Waals surface area contributed by atoms with Crippen molar-refractivity contribution in [2.24, 2.45) is 0 Å². The summed E-state index contributed by atoms with van der Waals surface area (Å²) in [5.74, 6) is -0.167. The van der Waals surface area contributed by atoms with Crippen LogP contribution in [0, 0.1) is 15.9 Å². The van der Waals surface area contributed by atoms with Gasteiger partial charge in [0, 0.05) is 5.69 Å². The molecule has 0 radical (unpaired) electrons. The first kappa shape index (κ1) is 13.2. The first-order valence-electron chi connectivity index (χ1n) is 5.10. The Hall–Kier alpha value is -2.22. The fraction of sp³-hybridized carbons (Fsp3) is 0. The van der Waals surface area contributed by atoms with Gasteiger partial charge in [0.1, 0.15) is 17.5 Å². The molecule has 8 heteroatoms. The first-order valence-corrected chi connectivity index (χ1v) is 5.89. The van der Waals surface area contributed by atoms with Crippen LogP contribution in [-0.2, 0) is 0 Å². The zero-order valence-electron chi connectivity index (χ0n) is 9.43. The number of rotatable bonds is 3. The van der Waals surface area contributed by atoms with Crippen molar-refractivity contribution in [2.75, 3.05) is 11.1 Å². The third-order valence-corrected chi connectivity index (χ3v) is 2.84. The topological polar surface area (TPSA) is 94.1 Å². The Morgan fingerprint density at radius 1 is 1.37 bits per heavy atom. The number of nitrogens with two attached hydrogens (primary N) is 1. The van der Waals surface area contributed by atoms with Crippen molar-refractivity contribution < 1.29 is 9.31 Å². The average molecular weight is 327 g/mol. The largest absolute Gasteiger partial charge is 0.383 e. The van der Waals surface area contributed by atoms with E-state index >= 15 is 0 Å². The minimum Gasteiger partial charge on any atom is -0.383 e. The minimum absolute atomic E-state index is 0.0258. The van der Waals surface area contributed by atoms with E-state index in [9.17, 15) is 14.5 Å². The average Bonchev–Trinajstić information content (AvgIpc) is 2.33. The Morgan fingerprint density at radius 2 is 2.11 bits per heavy atom. The molecule has 0 bridgehead atoms. The highest BCUT2D eigenvalue weighted by Crippen LogP contribution is 2.25. The molecular formula is C11H8BrFN4O2. The standard InChI is InChI=1S/C11H8BrFN4O2/c12-8-3-6(1-2-9(8)13)15-11-5-7(17(18)19)4-10(14)16-11/h1-5H,(H3,14,15,16). The highest BCUT2D eigenvalue weighted by molar-refractivity contribution is 9.10. The lowest BCUT2D eigenvalue weighted by atomic mass is 10.3. The monoisotopic (exact) mass is 326 g/mol. The van der Waals surface area contributed by atoms with Gasteiger partial charge in [0.05, 0.1) is 21.5 Å². The molecule has 0 aliphatic rings. The lowest BCUT2D eigenvalue weighted by Crippen LogP contribution is -2.00. The quantitative estimate of drug-likeness (QED) is 0.667. The molecule has 0 aliphatic carbocycles. The lowest BCUT2D eigenvalue weighted by Gasteiger charge is -2.07. The van der Waals surface area contributed by atoms with Crippen molar-refractivity contribution >= 4 is 38.9 Å². The summed E-state index contributed by atoms with van der Waals surface area (Å²) < 4.78 is 13.3. The second kappa shape index (κ2) is 5.19. The second-order valence-electron chi connectivity index (χ2n) is 3.65. The molecule has 98 valence electrons. The maximum Gasteiger partial charge on any atom is 0.276 e. The zero-order chi connectivity index (χ0) is 14.0. The van der Waals surface area contributed by atoms with Gasteiger partial charge in [-0.05, 0) is 34.1 Å². The fourth-order valence-corrected chi connectivity index (χ4v) is 1.81. The number of nitrogens with zero attached hydrogens (tertiary/aromatic N) is 2. The van der Waals surface area contributed by atoms with Crippen molar-refractivity contribution in [1.82, 2.24) is 4.98 Å². The number of hydrogen-bond donors (Lipinski definition) is 2. The van der Waals surface area contributed by atoms with Gasteiger partial charge in [0.25, 0.3) is 5.69 Å². The van der Waals surface area contributed by atoms with E-state index in [1.165, 1.54) is 24.3 Å². The zero-order valence-corrected chi connectivity index (χ0v) is 11.0. The van der Waals surface area contributed by atoms with Crippen molar-refractivity contribution in [3.8, 4) is 0 Å². The summed E-state index contributed by atoms with van der Waals surface area (Å²) >= 11 is 3.04. The normalized spacial score (nSPS) is 10.2. The summed E-state index contributed by atoms with van der Waals surface area (Å²) in [7, 11) is 0. The van der Waals surface area contributed by atoms with Gasteiger partial charge in [-0.25, -0.2) is 9.37 Å². The second-order valence-corrected chi connectivity index (χ2v) is 4.50. The summed E-state index contributed by atoms with van der Waals surface area (Å²) in [5.41, 5.74) is 5.84. The van der Waals surface area contributed by atoms with Crippen LogP contribution in [0.5, 0.6) is 0 Å². The Morgan fingerprint density at radius 3 is 2.74 bits per heavy atom. The SMILES string of the molecule is Nc1cc([N+](=O)[O-])cc(Nc2ccc(F)c(Br)c2)n1. The van der Waals surface area contributed by atoms with Gasteiger partial charge in [-0.3, -0.25) is 10.1 Å². The van der Waals surface area contributed by atoms with Crippen LogP contribution in [0.1, 0.15) is 0 Å². The molecule has 0 atom stereocenters. The van der Waals surface area contributed by atoms with Crippen LogP contribution in [0.2, 0.25) is 0 Å². The molecule has 0 amide bonds. The van der Waals surface area contributed by atoms with Crippen LogP contribution in [-0.4, -0.2) is 9.91 Å². The summed E-state index contributed by atoms with van der Waals surface area (Å²) in [6.07, 6.45) is 0. The molecule has 0 unspecified atom stereocenters. The first-order chi connectivity index (χ1) is 8.95. The number of nitro groups is 1. The maximum atomic E-state index is 13.1. The highest BCUT2D eigenvalue weighted by Gasteiger charge is 2.10. The smallest absolute Gasteiger partial charge is 0.276 e. The predicted octanol–water partition coefficient (Wildman–Crippen LogP) is 3.22. The summed E-state index contributed by atoms with van der Waals surface area (Å²) in [6, 6.07) is 6.63. The molecule has 2 aromatic rings. The summed E-state index contributed by atoms with van der Waals surface area (Å²) in [6.45, 7) is 0. The van der Waals surface area contributed by atoms with Crippen molar-refractivity contribution in [1.29, 1.82) is 0 Å². The lowest BCUT2D eigenvalue weighted by molar-refractivity contribution is -0.384. The molecule has 0 fully saturated rings. The van der Waals surface area contributed by atoms with Crippen molar-refractivity contribution in [2.45, 2.75) is 0 Å². The van der Waals surface area contributed by atoms with Crippen LogP contribution in [0.15, 0.2) is 34.8 Å².